The summed E-state index contributed by atoms with van der Waals surface area (Å²) in [4.78, 5) is 9.52. The Kier molecular flexibility index (Phi) is 43.7. The number of aromatic nitrogens is 2. The standard InChI is InChI=1S/C78H120N2O4/c1-5-9-13-17-21-25-29-33-37-41-45-61-81-75-59-55-69(65-77(75)83-63-47-43-39-35-31-27-23-19-15-11-7-3)49-51-71-53-57-73(79-67-71)74-58-54-72(68-80-74)52-50-70-56-60-76(82-62-46-42-38-34-30-26-22-18-14-10-6-2)78(66-70)84-64-48-44-40-36-32-28-24-20-16-12-8-4/h53-60,65-68H,5-48,61-64H2,1-4H3. The molecule has 2 heterocycles. The van der Waals surface area contributed by atoms with Crippen molar-refractivity contribution in [1.29, 1.82) is 0 Å². The highest BCUT2D eigenvalue weighted by atomic mass is 16.5. The van der Waals surface area contributed by atoms with Gasteiger partial charge in [0.05, 0.1) is 37.8 Å². The van der Waals surface area contributed by atoms with Crippen molar-refractivity contribution in [2.75, 3.05) is 26.4 Å². The van der Waals surface area contributed by atoms with Gasteiger partial charge in [-0.3, -0.25) is 9.97 Å². The molecule has 466 valence electrons. The van der Waals surface area contributed by atoms with Crippen molar-refractivity contribution in [1.82, 2.24) is 9.97 Å². The molecule has 0 saturated carbocycles. The largest absolute Gasteiger partial charge is 0.490 e. The van der Waals surface area contributed by atoms with Crippen LogP contribution in [-0.2, 0) is 0 Å². The number of nitrogens with zero attached hydrogens (tertiary/aromatic N) is 2. The number of hydrogen-bond acceptors (Lipinski definition) is 6. The number of hydrogen-bond donors (Lipinski definition) is 0. The molecule has 0 fully saturated rings. The molecule has 0 atom stereocenters. The lowest BCUT2D eigenvalue weighted by Crippen LogP contribution is -2.03. The molecule has 4 aromatic rings. The first-order valence-electron chi connectivity index (χ1n) is 35.4. The van der Waals surface area contributed by atoms with Crippen molar-refractivity contribution in [2.24, 2.45) is 0 Å². The number of benzene rings is 2. The van der Waals surface area contributed by atoms with E-state index in [1.807, 2.05) is 60.9 Å². The summed E-state index contributed by atoms with van der Waals surface area (Å²) in [6.07, 6.45) is 61.6. The maximum Gasteiger partial charge on any atom is 0.162 e. The molecule has 4 rings (SSSR count). The average Bonchev–Trinajstić information content (AvgIpc) is 3.57. The van der Waals surface area contributed by atoms with Crippen molar-refractivity contribution in [3.8, 4) is 58.1 Å². The molecule has 6 heteroatoms. The van der Waals surface area contributed by atoms with E-state index in [1.165, 1.54) is 257 Å². The topological polar surface area (TPSA) is 62.7 Å². The zero-order chi connectivity index (χ0) is 59.3. The van der Waals surface area contributed by atoms with Crippen LogP contribution in [-0.4, -0.2) is 36.4 Å². The molecule has 84 heavy (non-hydrogen) atoms. The van der Waals surface area contributed by atoms with E-state index < -0.39 is 0 Å². The Labute approximate surface area is 516 Å². The minimum absolute atomic E-state index is 0.689. The summed E-state index contributed by atoms with van der Waals surface area (Å²) in [6, 6.07) is 20.3. The van der Waals surface area contributed by atoms with Crippen LogP contribution >= 0.6 is 0 Å². The Morgan fingerprint density at radius 3 is 0.690 bits per heavy atom. The fourth-order valence-corrected chi connectivity index (χ4v) is 11.0. The van der Waals surface area contributed by atoms with Gasteiger partial charge in [-0.2, -0.15) is 0 Å². The number of pyridine rings is 2. The summed E-state index contributed by atoms with van der Waals surface area (Å²) in [6.45, 7) is 12.0. The van der Waals surface area contributed by atoms with Crippen LogP contribution in [0, 0.1) is 23.7 Å². The maximum absolute atomic E-state index is 6.43. The van der Waals surface area contributed by atoms with Gasteiger partial charge in [0.15, 0.2) is 23.0 Å². The molecule has 0 saturated heterocycles. The molecule has 0 aliphatic heterocycles. The smallest absolute Gasteiger partial charge is 0.162 e. The number of rotatable bonds is 53. The summed E-state index contributed by atoms with van der Waals surface area (Å²) < 4.78 is 25.6. The third-order valence-corrected chi connectivity index (χ3v) is 16.4. The van der Waals surface area contributed by atoms with Crippen LogP contribution in [0.4, 0.5) is 0 Å². The lowest BCUT2D eigenvalue weighted by atomic mass is 10.1. The molecular formula is C78H120N2O4. The van der Waals surface area contributed by atoms with Gasteiger partial charge in [0, 0.05) is 34.6 Å². The highest BCUT2D eigenvalue weighted by Crippen LogP contribution is 2.31. The first kappa shape index (κ1) is 71.5. The number of ether oxygens (including phenoxy) is 4. The van der Waals surface area contributed by atoms with Gasteiger partial charge in [-0.05, 0) is 86.3 Å². The van der Waals surface area contributed by atoms with Crippen molar-refractivity contribution in [2.45, 2.75) is 310 Å². The van der Waals surface area contributed by atoms with Crippen LogP contribution in [0.25, 0.3) is 11.4 Å². The normalized spacial score (nSPS) is 11.0. The van der Waals surface area contributed by atoms with Crippen molar-refractivity contribution in [3.63, 3.8) is 0 Å². The lowest BCUT2D eigenvalue weighted by Gasteiger charge is -2.13. The molecule has 2 aromatic carbocycles. The molecule has 2 aromatic heterocycles. The van der Waals surface area contributed by atoms with Crippen LogP contribution < -0.4 is 18.9 Å². The van der Waals surface area contributed by atoms with Crippen LogP contribution in [0.2, 0.25) is 0 Å². The van der Waals surface area contributed by atoms with E-state index >= 15 is 0 Å². The van der Waals surface area contributed by atoms with Gasteiger partial charge in [-0.15, -0.1) is 0 Å². The Hall–Kier alpha value is -4.94. The predicted octanol–water partition coefficient (Wildman–Crippen LogP) is 23.7. The van der Waals surface area contributed by atoms with Gasteiger partial charge in [-0.25, -0.2) is 0 Å². The van der Waals surface area contributed by atoms with E-state index in [0.29, 0.717) is 26.4 Å². The van der Waals surface area contributed by atoms with E-state index in [1.54, 1.807) is 0 Å². The second-order valence-corrected chi connectivity index (χ2v) is 24.2. The van der Waals surface area contributed by atoms with Gasteiger partial charge < -0.3 is 18.9 Å². The summed E-state index contributed by atoms with van der Waals surface area (Å²) in [5.41, 5.74) is 5.07. The Bertz CT molecular complexity index is 2140. The summed E-state index contributed by atoms with van der Waals surface area (Å²) in [7, 11) is 0. The van der Waals surface area contributed by atoms with Crippen LogP contribution in [0.1, 0.15) is 332 Å². The number of unbranched alkanes of at least 4 members (excludes halogenated alkanes) is 40. The van der Waals surface area contributed by atoms with Gasteiger partial charge in [0.2, 0.25) is 0 Å². The highest BCUT2D eigenvalue weighted by molar-refractivity contribution is 5.57. The zero-order valence-electron chi connectivity index (χ0n) is 54.4. The zero-order valence-corrected chi connectivity index (χ0v) is 54.4. The third-order valence-electron chi connectivity index (χ3n) is 16.4. The lowest BCUT2D eigenvalue weighted by molar-refractivity contribution is 0.258. The fraction of sp³-hybridized carbons (Fsp3) is 0.667. The fourth-order valence-electron chi connectivity index (χ4n) is 11.0. The Morgan fingerprint density at radius 2 is 0.452 bits per heavy atom. The van der Waals surface area contributed by atoms with Gasteiger partial charge >= 0.3 is 0 Å². The van der Waals surface area contributed by atoms with Crippen LogP contribution in [0.3, 0.4) is 0 Å². The van der Waals surface area contributed by atoms with Gasteiger partial charge in [0.25, 0.3) is 0 Å². The Morgan fingerprint density at radius 1 is 0.238 bits per heavy atom. The molecule has 0 bridgehead atoms. The molecule has 6 nitrogen and oxygen atoms in total. The Balaban J connectivity index is 1.29. The SMILES string of the molecule is CCCCCCCCCCCCCOc1ccc(C#Cc2ccc(-c3ccc(C#Cc4ccc(OCCCCCCCCCCCCC)c(OCCCCCCCCCCCCC)c4)cn3)nc2)cc1OCCCCCCCCCCCCC. The second-order valence-electron chi connectivity index (χ2n) is 24.2. The molecule has 0 N–H and O–H groups in total. The maximum atomic E-state index is 6.43. The van der Waals surface area contributed by atoms with Crippen molar-refractivity contribution >= 4 is 0 Å². The first-order valence-corrected chi connectivity index (χ1v) is 35.4. The van der Waals surface area contributed by atoms with Crippen molar-refractivity contribution in [3.05, 3.63) is 95.3 Å². The molecule has 0 radical (unpaired) electrons. The molecule has 0 amide bonds. The minimum atomic E-state index is 0.689. The third kappa shape index (κ3) is 36.1. The van der Waals surface area contributed by atoms with Gasteiger partial charge in [-0.1, -0.05) is 308 Å². The van der Waals surface area contributed by atoms with E-state index in [9.17, 15) is 0 Å². The summed E-state index contributed by atoms with van der Waals surface area (Å²) in [5, 5.41) is 0. The van der Waals surface area contributed by atoms with E-state index in [0.717, 1.165) is 82.3 Å². The second kappa shape index (κ2) is 51.3. The molecular weight excluding hydrogens is 1030 g/mol. The van der Waals surface area contributed by atoms with Crippen molar-refractivity contribution < 1.29 is 18.9 Å². The quantitative estimate of drug-likeness (QED) is 0.0324. The van der Waals surface area contributed by atoms with Gasteiger partial charge in [0.1, 0.15) is 0 Å². The molecule has 0 spiro atoms. The van der Waals surface area contributed by atoms with Crippen LogP contribution in [0.5, 0.6) is 23.0 Å². The molecule has 0 aliphatic carbocycles. The molecule has 0 unspecified atom stereocenters. The highest BCUT2D eigenvalue weighted by Gasteiger charge is 2.10. The van der Waals surface area contributed by atoms with Crippen LogP contribution in [0.15, 0.2) is 73.1 Å². The van der Waals surface area contributed by atoms with E-state index in [2.05, 4.69) is 63.5 Å². The monoisotopic (exact) mass is 1150 g/mol. The molecule has 0 aliphatic rings. The average molecular weight is 1150 g/mol. The predicted molar refractivity (Wildman–Crippen MR) is 360 cm³/mol. The van der Waals surface area contributed by atoms with E-state index in [-0.39, 0.29) is 0 Å². The summed E-state index contributed by atoms with van der Waals surface area (Å²) in [5.74, 6) is 16.6. The minimum Gasteiger partial charge on any atom is -0.490 e. The summed E-state index contributed by atoms with van der Waals surface area (Å²) >= 11 is 0. The van der Waals surface area contributed by atoms with E-state index in [4.69, 9.17) is 28.9 Å². The first-order chi connectivity index (χ1) is 41.6.